The summed E-state index contributed by atoms with van der Waals surface area (Å²) >= 11 is 0. The Morgan fingerprint density at radius 1 is 1.47 bits per heavy atom. The summed E-state index contributed by atoms with van der Waals surface area (Å²) < 4.78 is 24.1. The topological polar surface area (TPSA) is 46.2 Å². The molecular weight excluding hydrogens is 234 g/mol. The number of nitrogens with one attached hydrogen (secondary N) is 1. The highest BCUT2D eigenvalue weighted by atomic mass is 32.2. The van der Waals surface area contributed by atoms with E-state index in [1.54, 1.807) is 0 Å². The van der Waals surface area contributed by atoms with Gasteiger partial charge in [0.05, 0.1) is 11.0 Å². The first-order valence-electron chi connectivity index (χ1n) is 6.67. The molecule has 0 aromatic rings. The Kier molecular flexibility index (Phi) is 6.20. The van der Waals surface area contributed by atoms with E-state index in [0.29, 0.717) is 5.75 Å². The number of hydrogen-bond donors (Lipinski definition) is 1. The molecule has 100 valence electrons. The normalized spacial score (nSPS) is 25.4. The van der Waals surface area contributed by atoms with Gasteiger partial charge >= 0.3 is 0 Å². The third-order valence-corrected chi connectivity index (χ3v) is 5.81. The number of hydrogen-bond acceptors (Lipinski definition) is 3. The lowest BCUT2D eigenvalue weighted by Crippen LogP contribution is -2.46. The summed E-state index contributed by atoms with van der Waals surface area (Å²) in [6.07, 6.45) is 7.54. The summed E-state index contributed by atoms with van der Waals surface area (Å²) in [6.45, 7) is 6.58. The van der Waals surface area contributed by atoms with Crippen molar-refractivity contribution in [3.63, 3.8) is 0 Å². The van der Waals surface area contributed by atoms with Crippen molar-refractivity contribution in [1.29, 1.82) is 0 Å². The summed E-state index contributed by atoms with van der Waals surface area (Å²) in [6, 6.07) is 0.130. The molecular formula is C13H25NO2S. The molecule has 1 saturated heterocycles. The minimum absolute atomic E-state index is 0.130. The molecule has 1 rings (SSSR count). The van der Waals surface area contributed by atoms with E-state index in [4.69, 9.17) is 0 Å². The zero-order valence-corrected chi connectivity index (χ0v) is 11.6. The predicted molar refractivity (Wildman–Crippen MR) is 72.9 cm³/mol. The highest BCUT2D eigenvalue weighted by Gasteiger charge is 2.34. The molecule has 1 aliphatic rings. The molecule has 0 amide bonds. The average molecular weight is 259 g/mol. The molecule has 0 spiro atoms. The van der Waals surface area contributed by atoms with E-state index < -0.39 is 9.84 Å². The number of allylic oxidation sites excluding steroid dienone is 1. The SMILES string of the molecule is C=CCCCC(NCC)C1CCCCS1(=O)=O. The van der Waals surface area contributed by atoms with Crippen LogP contribution in [0.1, 0.15) is 45.4 Å². The second-order valence-electron chi connectivity index (χ2n) is 4.78. The van der Waals surface area contributed by atoms with Crippen LogP contribution in [0, 0.1) is 0 Å². The van der Waals surface area contributed by atoms with Gasteiger partial charge in [0.25, 0.3) is 0 Å². The zero-order valence-electron chi connectivity index (χ0n) is 10.8. The first-order valence-corrected chi connectivity index (χ1v) is 8.39. The van der Waals surface area contributed by atoms with Gasteiger partial charge in [-0.2, -0.15) is 0 Å². The van der Waals surface area contributed by atoms with Crippen molar-refractivity contribution < 1.29 is 8.42 Å². The van der Waals surface area contributed by atoms with Gasteiger partial charge in [0.2, 0.25) is 0 Å². The summed E-state index contributed by atoms with van der Waals surface area (Å²) in [4.78, 5) is 0. The fraction of sp³-hybridized carbons (Fsp3) is 0.846. The summed E-state index contributed by atoms with van der Waals surface area (Å²) in [5.41, 5.74) is 0. The summed E-state index contributed by atoms with van der Waals surface area (Å²) in [5, 5.41) is 3.19. The zero-order chi connectivity index (χ0) is 12.7. The molecule has 3 nitrogen and oxygen atoms in total. The van der Waals surface area contributed by atoms with Crippen molar-refractivity contribution in [1.82, 2.24) is 5.32 Å². The van der Waals surface area contributed by atoms with E-state index in [-0.39, 0.29) is 11.3 Å². The van der Waals surface area contributed by atoms with Crippen LogP contribution in [0.25, 0.3) is 0 Å². The molecule has 1 heterocycles. The van der Waals surface area contributed by atoms with Crippen LogP contribution in [0.3, 0.4) is 0 Å². The van der Waals surface area contributed by atoms with Crippen LogP contribution in [0.15, 0.2) is 12.7 Å². The molecule has 2 unspecified atom stereocenters. The Labute approximate surface area is 106 Å². The fourth-order valence-electron chi connectivity index (χ4n) is 2.59. The van der Waals surface area contributed by atoms with E-state index in [0.717, 1.165) is 45.1 Å². The molecule has 1 aliphatic heterocycles. The van der Waals surface area contributed by atoms with Gasteiger partial charge in [-0.05, 0) is 38.6 Å². The van der Waals surface area contributed by atoms with Gasteiger partial charge in [-0.3, -0.25) is 0 Å². The van der Waals surface area contributed by atoms with Gasteiger partial charge in [0.15, 0.2) is 9.84 Å². The first kappa shape index (κ1) is 14.7. The molecule has 1 fully saturated rings. The Hall–Kier alpha value is -0.350. The quantitative estimate of drug-likeness (QED) is 0.563. The Balaban J connectivity index is 2.63. The van der Waals surface area contributed by atoms with Gasteiger partial charge in [-0.15, -0.1) is 6.58 Å². The fourth-order valence-corrected chi connectivity index (χ4v) is 4.76. The van der Waals surface area contributed by atoms with Crippen LogP contribution in [0.2, 0.25) is 0 Å². The number of sulfone groups is 1. The summed E-state index contributed by atoms with van der Waals surface area (Å²) in [7, 11) is -2.87. The molecule has 17 heavy (non-hydrogen) atoms. The van der Waals surface area contributed by atoms with Crippen molar-refractivity contribution in [2.75, 3.05) is 12.3 Å². The third kappa shape index (κ3) is 4.43. The van der Waals surface area contributed by atoms with E-state index in [1.165, 1.54) is 0 Å². The molecule has 0 saturated carbocycles. The minimum atomic E-state index is -2.87. The number of rotatable bonds is 7. The van der Waals surface area contributed by atoms with Crippen LogP contribution in [0.4, 0.5) is 0 Å². The lowest BCUT2D eigenvalue weighted by atomic mass is 10.0. The third-order valence-electron chi connectivity index (χ3n) is 3.47. The summed E-state index contributed by atoms with van der Waals surface area (Å²) in [5.74, 6) is 0.376. The molecule has 0 bridgehead atoms. The molecule has 2 atom stereocenters. The highest BCUT2D eigenvalue weighted by molar-refractivity contribution is 7.92. The monoisotopic (exact) mass is 259 g/mol. The first-order chi connectivity index (χ1) is 8.11. The van der Waals surface area contributed by atoms with Crippen LogP contribution < -0.4 is 5.32 Å². The smallest absolute Gasteiger partial charge is 0.154 e. The lowest BCUT2D eigenvalue weighted by molar-refractivity contribution is 0.417. The highest BCUT2D eigenvalue weighted by Crippen LogP contribution is 2.24. The van der Waals surface area contributed by atoms with E-state index in [2.05, 4.69) is 11.9 Å². The van der Waals surface area contributed by atoms with Gasteiger partial charge < -0.3 is 5.32 Å². The van der Waals surface area contributed by atoms with Crippen molar-refractivity contribution in [3.05, 3.63) is 12.7 Å². The second-order valence-corrected chi connectivity index (χ2v) is 7.12. The van der Waals surface area contributed by atoms with Crippen LogP contribution >= 0.6 is 0 Å². The van der Waals surface area contributed by atoms with Gasteiger partial charge in [-0.25, -0.2) is 8.42 Å². The largest absolute Gasteiger partial charge is 0.313 e. The second kappa shape index (κ2) is 7.17. The average Bonchev–Trinajstić information content (AvgIpc) is 2.28. The Morgan fingerprint density at radius 2 is 2.24 bits per heavy atom. The van der Waals surface area contributed by atoms with E-state index >= 15 is 0 Å². The molecule has 0 aromatic carbocycles. The van der Waals surface area contributed by atoms with Gasteiger partial charge in [0.1, 0.15) is 0 Å². The Bertz CT molecular complexity index is 324. The maximum absolute atomic E-state index is 12.1. The Morgan fingerprint density at radius 3 is 2.82 bits per heavy atom. The van der Waals surface area contributed by atoms with E-state index in [1.807, 2.05) is 13.0 Å². The van der Waals surface area contributed by atoms with Gasteiger partial charge in [0, 0.05) is 6.04 Å². The van der Waals surface area contributed by atoms with Gasteiger partial charge in [-0.1, -0.05) is 19.4 Å². The maximum atomic E-state index is 12.1. The molecule has 1 N–H and O–H groups in total. The minimum Gasteiger partial charge on any atom is -0.313 e. The van der Waals surface area contributed by atoms with Crippen molar-refractivity contribution in [2.24, 2.45) is 0 Å². The molecule has 0 aliphatic carbocycles. The lowest BCUT2D eigenvalue weighted by Gasteiger charge is -2.30. The maximum Gasteiger partial charge on any atom is 0.154 e. The van der Waals surface area contributed by atoms with Crippen LogP contribution in [-0.2, 0) is 9.84 Å². The van der Waals surface area contributed by atoms with Crippen molar-refractivity contribution in [3.8, 4) is 0 Å². The van der Waals surface area contributed by atoms with Crippen LogP contribution in [-0.4, -0.2) is 32.0 Å². The molecule has 4 heteroatoms. The van der Waals surface area contributed by atoms with E-state index in [9.17, 15) is 8.42 Å². The van der Waals surface area contributed by atoms with Crippen molar-refractivity contribution >= 4 is 9.84 Å². The molecule has 0 radical (unpaired) electrons. The molecule has 0 aromatic heterocycles. The van der Waals surface area contributed by atoms with Crippen molar-refractivity contribution in [2.45, 2.75) is 56.7 Å². The van der Waals surface area contributed by atoms with Crippen LogP contribution in [0.5, 0.6) is 0 Å². The number of unbranched alkanes of at least 4 members (excludes halogenated alkanes) is 1. The predicted octanol–water partition coefficient (Wildman–Crippen LogP) is 2.29. The standard InChI is InChI=1S/C13H25NO2S/c1-3-5-6-9-12(14-4-2)13-10-7-8-11-17(13,15)16/h3,12-14H,1,4-11H2,2H3.